The predicted molar refractivity (Wildman–Crippen MR) is 113 cm³/mol. The highest BCUT2D eigenvalue weighted by atomic mass is 16.5. The van der Waals surface area contributed by atoms with Gasteiger partial charge in [0.2, 0.25) is 0 Å². The fourth-order valence-electron chi connectivity index (χ4n) is 2.92. The van der Waals surface area contributed by atoms with Gasteiger partial charge in [0, 0.05) is 22.4 Å². The van der Waals surface area contributed by atoms with E-state index in [1.54, 1.807) is 0 Å². The summed E-state index contributed by atoms with van der Waals surface area (Å²) in [7, 11) is 13.0. The Morgan fingerprint density at radius 2 is 1.22 bits per heavy atom. The van der Waals surface area contributed by atoms with Crippen LogP contribution in [0.2, 0.25) is 0 Å². The van der Waals surface area contributed by atoms with E-state index in [2.05, 4.69) is 77.6 Å². The summed E-state index contributed by atoms with van der Waals surface area (Å²) in [5.74, 6) is 1.82. The molecular weight excluding hydrogens is 338 g/mol. The Morgan fingerprint density at radius 3 is 1.81 bits per heavy atom. The number of nitrogens with zero attached hydrogens (tertiary/aromatic N) is 2. The lowest BCUT2D eigenvalue weighted by Crippen LogP contribution is -2.38. The highest BCUT2D eigenvalue weighted by molar-refractivity contribution is 6.08. The highest BCUT2D eigenvalue weighted by Gasteiger charge is 2.10. The van der Waals surface area contributed by atoms with Crippen molar-refractivity contribution in [3.05, 3.63) is 36.4 Å². The van der Waals surface area contributed by atoms with Gasteiger partial charge < -0.3 is 23.4 Å². The zero-order chi connectivity index (χ0) is 19.7. The maximum absolute atomic E-state index is 5.96. The zero-order valence-corrected chi connectivity index (χ0v) is 17.5. The molecule has 3 aromatic rings. The molecule has 0 unspecified atom stereocenters. The van der Waals surface area contributed by atoms with Gasteiger partial charge in [-0.3, -0.25) is 0 Å². The quantitative estimate of drug-likeness (QED) is 0.615. The molecule has 1 N–H and O–H groups in total. The first-order valence-corrected chi connectivity index (χ1v) is 9.53. The summed E-state index contributed by atoms with van der Waals surface area (Å²) in [6.07, 6.45) is 0. The van der Waals surface area contributed by atoms with Gasteiger partial charge in [-0.05, 0) is 30.3 Å². The number of rotatable bonds is 8. The Hall–Kier alpha value is -2.24. The first kappa shape index (κ1) is 19.5. The van der Waals surface area contributed by atoms with Gasteiger partial charge in [-0.2, -0.15) is 0 Å². The van der Waals surface area contributed by atoms with Crippen molar-refractivity contribution in [2.24, 2.45) is 0 Å². The monoisotopic (exact) mass is 371 g/mol. The number of nitrogens with one attached hydrogen (secondary N) is 1. The van der Waals surface area contributed by atoms with E-state index in [1.807, 2.05) is 6.07 Å². The van der Waals surface area contributed by atoms with Crippen molar-refractivity contribution in [2.45, 2.75) is 0 Å². The van der Waals surface area contributed by atoms with Crippen LogP contribution in [0.15, 0.2) is 36.4 Å². The van der Waals surface area contributed by atoms with E-state index in [4.69, 9.17) is 9.47 Å². The third-order valence-corrected chi connectivity index (χ3v) is 4.60. The number of aromatic nitrogens is 1. The Kier molecular flexibility index (Phi) is 5.36. The van der Waals surface area contributed by atoms with Crippen LogP contribution in [0.3, 0.4) is 0 Å². The van der Waals surface area contributed by atoms with E-state index in [0.29, 0.717) is 13.2 Å². The summed E-state index contributed by atoms with van der Waals surface area (Å²) in [5, 5.41) is 2.38. The average molecular weight is 372 g/mol. The molecule has 0 radical (unpaired) electrons. The van der Waals surface area contributed by atoms with Crippen LogP contribution in [-0.2, 0) is 0 Å². The summed E-state index contributed by atoms with van der Waals surface area (Å²) in [4.78, 5) is 3.49. The van der Waals surface area contributed by atoms with Gasteiger partial charge in [-0.15, -0.1) is 0 Å². The fraction of sp³-hybridized carbons (Fsp3) is 0.455. The minimum atomic E-state index is 0.708. The Labute approximate surface area is 162 Å². The molecule has 27 heavy (non-hydrogen) atoms. The highest BCUT2D eigenvalue weighted by Crippen LogP contribution is 2.31. The van der Waals surface area contributed by atoms with Gasteiger partial charge in [0.25, 0.3) is 0 Å². The van der Waals surface area contributed by atoms with Crippen LogP contribution in [0, 0.1) is 0 Å². The van der Waals surface area contributed by atoms with Gasteiger partial charge in [0.05, 0.1) is 47.8 Å². The van der Waals surface area contributed by atoms with Gasteiger partial charge >= 0.3 is 0 Å². The first-order valence-electron chi connectivity index (χ1n) is 9.53. The molecule has 3 rings (SSSR count). The van der Waals surface area contributed by atoms with Crippen LogP contribution in [0.5, 0.6) is 11.5 Å². The number of aromatic amines is 1. The summed E-state index contributed by atoms with van der Waals surface area (Å²) in [6.45, 7) is 3.36. The Balaban J connectivity index is 1.75. The van der Waals surface area contributed by atoms with Crippen LogP contribution in [-0.4, -0.2) is 82.5 Å². The number of hydrogen-bond donors (Lipinski definition) is 1. The van der Waals surface area contributed by atoms with Crippen LogP contribution in [0.25, 0.3) is 21.8 Å². The molecule has 2 aromatic carbocycles. The SMILES string of the molecule is C[N+](C)(C)CCOc1ccc2c(c1)[nH]c1ccc(OCC[N+](C)(C)C)cc12. The van der Waals surface area contributed by atoms with E-state index >= 15 is 0 Å². The van der Waals surface area contributed by atoms with Crippen molar-refractivity contribution in [1.29, 1.82) is 0 Å². The summed E-state index contributed by atoms with van der Waals surface area (Å²) in [5.41, 5.74) is 2.21. The molecule has 1 aromatic heterocycles. The number of ether oxygens (including phenoxy) is 2. The van der Waals surface area contributed by atoms with Crippen LogP contribution >= 0.6 is 0 Å². The lowest BCUT2D eigenvalue weighted by molar-refractivity contribution is -0.870. The van der Waals surface area contributed by atoms with Crippen LogP contribution in [0.4, 0.5) is 0 Å². The second-order valence-electron chi connectivity index (χ2n) is 9.26. The Morgan fingerprint density at radius 1 is 0.667 bits per heavy atom. The van der Waals surface area contributed by atoms with Crippen molar-refractivity contribution in [3.63, 3.8) is 0 Å². The number of fused-ring (bicyclic) bond motifs is 3. The molecule has 0 aliphatic heterocycles. The van der Waals surface area contributed by atoms with E-state index < -0.39 is 0 Å². The molecule has 0 aliphatic rings. The van der Waals surface area contributed by atoms with Crippen molar-refractivity contribution < 1.29 is 18.4 Å². The minimum absolute atomic E-state index is 0.708. The lowest BCUT2D eigenvalue weighted by Gasteiger charge is -2.23. The smallest absolute Gasteiger partial charge is 0.137 e. The van der Waals surface area contributed by atoms with Crippen molar-refractivity contribution in [3.8, 4) is 11.5 Å². The molecule has 0 saturated carbocycles. The number of quaternary nitrogens is 2. The van der Waals surface area contributed by atoms with Gasteiger partial charge in [0.15, 0.2) is 0 Å². The number of hydrogen-bond acceptors (Lipinski definition) is 2. The van der Waals surface area contributed by atoms with Gasteiger partial charge in [0.1, 0.15) is 37.8 Å². The van der Waals surface area contributed by atoms with E-state index in [1.165, 1.54) is 10.8 Å². The van der Waals surface area contributed by atoms with E-state index in [0.717, 1.165) is 44.6 Å². The van der Waals surface area contributed by atoms with Crippen LogP contribution in [0.1, 0.15) is 0 Å². The molecule has 0 fully saturated rings. The molecule has 0 aliphatic carbocycles. The molecule has 5 nitrogen and oxygen atoms in total. The topological polar surface area (TPSA) is 34.2 Å². The molecule has 0 amide bonds. The normalized spacial score (nSPS) is 12.7. The summed E-state index contributed by atoms with van der Waals surface area (Å²) >= 11 is 0. The molecule has 5 heteroatoms. The van der Waals surface area contributed by atoms with Crippen molar-refractivity contribution in [2.75, 3.05) is 68.6 Å². The van der Waals surface area contributed by atoms with E-state index in [9.17, 15) is 0 Å². The molecular formula is C22H33N3O2+2. The maximum atomic E-state index is 5.96. The molecule has 0 bridgehead atoms. The third-order valence-electron chi connectivity index (χ3n) is 4.60. The van der Waals surface area contributed by atoms with Crippen molar-refractivity contribution >= 4 is 21.8 Å². The predicted octanol–water partition coefficient (Wildman–Crippen LogP) is 3.49. The summed E-state index contributed by atoms with van der Waals surface area (Å²) < 4.78 is 13.7. The second-order valence-corrected chi connectivity index (χ2v) is 9.26. The second kappa shape index (κ2) is 7.41. The largest absolute Gasteiger partial charge is 0.488 e. The lowest BCUT2D eigenvalue weighted by atomic mass is 10.1. The van der Waals surface area contributed by atoms with Gasteiger partial charge in [-0.25, -0.2) is 0 Å². The number of benzene rings is 2. The maximum Gasteiger partial charge on any atom is 0.137 e. The number of likely N-dealkylation sites (N-methyl/N-ethyl adjacent to an activating group) is 2. The molecule has 0 saturated heterocycles. The first-order chi connectivity index (χ1) is 12.6. The fourth-order valence-corrected chi connectivity index (χ4v) is 2.92. The molecule has 0 atom stereocenters. The van der Waals surface area contributed by atoms with Crippen molar-refractivity contribution in [1.82, 2.24) is 4.98 Å². The zero-order valence-electron chi connectivity index (χ0n) is 17.5. The average Bonchev–Trinajstić information content (AvgIpc) is 2.89. The Bertz CT molecular complexity index is 917. The molecule has 146 valence electrons. The standard InChI is InChI=1S/C22H33N3O2/c1-24(2,3)11-13-26-17-8-10-21-20(15-17)19-9-7-18(16-22(19)23-21)27-14-12-25(4,5)6/h7-10,15-16,23H,11-14H2,1-6H3/q+2. The summed E-state index contributed by atoms with van der Waals surface area (Å²) in [6, 6.07) is 12.5. The minimum Gasteiger partial charge on any atom is -0.488 e. The van der Waals surface area contributed by atoms with Crippen LogP contribution < -0.4 is 9.47 Å². The van der Waals surface area contributed by atoms with Gasteiger partial charge in [-0.1, -0.05) is 0 Å². The molecule has 1 heterocycles. The van der Waals surface area contributed by atoms with E-state index in [-0.39, 0.29) is 0 Å². The third kappa shape index (κ3) is 5.37. The number of H-pyrrole nitrogens is 1. The molecule has 0 spiro atoms.